The average molecular weight is 209 g/mol. The van der Waals surface area contributed by atoms with E-state index in [9.17, 15) is 4.79 Å². The third kappa shape index (κ3) is 1.70. The summed E-state index contributed by atoms with van der Waals surface area (Å²) < 4.78 is 5.42. The standard InChI is InChI=1S/C10H11NO2S/c1-4-5-7-6(2)8(11)9(14-7)10(12)13-3/h4-5H,1-2,11H2,3H3/b7-5+. The molecule has 0 aliphatic heterocycles. The van der Waals surface area contributed by atoms with E-state index in [1.807, 2.05) is 0 Å². The first-order chi connectivity index (χ1) is 6.61. The van der Waals surface area contributed by atoms with Crippen molar-refractivity contribution in [2.24, 2.45) is 0 Å². The van der Waals surface area contributed by atoms with Crippen LogP contribution in [0.5, 0.6) is 0 Å². The van der Waals surface area contributed by atoms with Gasteiger partial charge in [0.2, 0.25) is 0 Å². The fourth-order valence-electron chi connectivity index (χ4n) is 0.982. The van der Waals surface area contributed by atoms with Crippen LogP contribution in [0.4, 0.5) is 5.69 Å². The maximum absolute atomic E-state index is 11.2. The molecule has 1 aromatic heterocycles. The molecule has 0 radical (unpaired) electrons. The highest BCUT2D eigenvalue weighted by molar-refractivity contribution is 7.12. The quantitative estimate of drug-likeness (QED) is 0.721. The fraction of sp³-hybridized carbons (Fsp3) is 0.100. The van der Waals surface area contributed by atoms with Crippen LogP contribution in [-0.4, -0.2) is 13.1 Å². The molecule has 2 N–H and O–H groups in total. The molecule has 0 unspecified atom stereocenters. The van der Waals surface area contributed by atoms with Gasteiger partial charge in [-0.1, -0.05) is 19.2 Å². The number of thiophene rings is 1. The molecule has 0 saturated carbocycles. The van der Waals surface area contributed by atoms with E-state index in [1.54, 1.807) is 12.2 Å². The van der Waals surface area contributed by atoms with Gasteiger partial charge in [-0.2, -0.15) is 0 Å². The van der Waals surface area contributed by atoms with Crippen molar-refractivity contribution >= 4 is 35.6 Å². The zero-order valence-corrected chi connectivity index (χ0v) is 8.69. The maximum atomic E-state index is 11.2. The van der Waals surface area contributed by atoms with Gasteiger partial charge < -0.3 is 10.5 Å². The number of methoxy groups -OCH3 is 1. The first-order valence-corrected chi connectivity index (χ1v) is 4.71. The molecule has 0 fully saturated rings. The van der Waals surface area contributed by atoms with Crippen molar-refractivity contribution in [3.63, 3.8) is 0 Å². The summed E-state index contributed by atoms with van der Waals surface area (Å²) in [5.41, 5.74) is 6.09. The third-order valence-corrected chi connectivity index (χ3v) is 2.91. The molecule has 14 heavy (non-hydrogen) atoms. The molecule has 1 aromatic rings. The zero-order chi connectivity index (χ0) is 10.7. The van der Waals surface area contributed by atoms with Crippen LogP contribution in [0.1, 0.15) is 9.67 Å². The van der Waals surface area contributed by atoms with Gasteiger partial charge in [-0.15, -0.1) is 11.3 Å². The van der Waals surface area contributed by atoms with E-state index in [0.29, 0.717) is 15.8 Å². The molecule has 0 atom stereocenters. The summed E-state index contributed by atoms with van der Waals surface area (Å²) in [4.78, 5) is 11.6. The van der Waals surface area contributed by atoms with E-state index in [4.69, 9.17) is 5.73 Å². The Hall–Kier alpha value is -1.55. The lowest BCUT2D eigenvalue weighted by Gasteiger charge is -1.94. The number of allylic oxidation sites excluding steroid dienone is 1. The van der Waals surface area contributed by atoms with Gasteiger partial charge in [0.25, 0.3) is 0 Å². The van der Waals surface area contributed by atoms with Gasteiger partial charge >= 0.3 is 5.97 Å². The number of hydrogen-bond acceptors (Lipinski definition) is 4. The average Bonchev–Trinajstić information content (AvgIpc) is 2.46. The van der Waals surface area contributed by atoms with Crippen LogP contribution in [0.15, 0.2) is 12.7 Å². The van der Waals surface area contributed by atoms with E-state index in [0.717, 1.165) is 4.53 Å². The number of carbonyl (C=O) groups is 1. The SMILES string of the molecule is C=C/C=c1/sc(C(=O)OC)c(N)c1=C. The van der Waals surface area contributed by atoms with Crippen LogP contribution >= 0.6 is 11.3 Å². The largest absolute Gasteiger partial charge is 0.465 e. The number of ether oxygens (including phenoxy) is 1. The summed E-state index contributed by atoms with van der Waals surface area (Å²) >= 11 is 1.25. The Kier molecular flexibility index (Phi) is 3.09. The highest BCUT2D eigenvalue weighted by Gasteiger charge is 2.13. The van der Waals surface area contributed by atoms with Crippen LogP contribution in [0.3, 0.4) is 0 Å². The van der Waals surface area contributed by atoms with Gasteiger partial charge in [0.1, 0.15) is 4.88 Å². The Bertz CT molecular complexity index is 473. The Morgan fingerprint density at radius 3 is 2.79 bits per heavy atom. The second-order valence-corrected chi connectivity index (χ2v) is 3.63. The third-order valence-electron chi connectivity index (χ3n) is 1.72. The summed E-state index contributed by atoms with van der Waals surface area (Å²) in [7, 11) is 1.32. The number of carbonyl (C=O) groups excluding carboxylic acids is 1. The number of nitrogen functional groups attached to an aromatic ring is 1. The predicted octanol–water partition coefficient (Wildman–Crippen LogP) is 0.494. The van der Waals surface area contributed by atoms with Gasteiger partial charge in [-0.3, -0.25) is 0 Å². The van der Waals surface area contributed by atoms with Crippen LogP contribution in [0.2, 0.25) is 0 Å². The second-order valence-electron chi connectivity index (χ2n) is 2.58. The summed E-state index contributed by atoms with van der Waals surface area (Å²) in [5, 5.41) is 0.648. The molecule has 74 valence electrons. The van der Waals surface area contributed by atoms with Crippen molar-refractivity contribution in [2.45, 2.75) is 0 Å². The van der Waals surface area contributed by atoms with Crippen molar-refractivity contribution in [3.8, 4) is 0 Å². The Morgan fingerprint density at radius 1 is 1.64 bits per heavy atom. The van der Waals surface area contributed by atoms with Crippen molar-refractivity contribution < 1.29 is 9.53 Å². The number of hydrogen-bond donors (Lipinski definition) is 1. The Labute approximate surface area is 85.8 Å². The van der Waals surface area contributed by atoms with Gasteiger partial charge in [0.15, 0.2) is 0 Å². The summed E-state index contributed by atoms with van der Waals surface area (Å²) in [6, 6.07) is 0. The van der Waals surface area contributed by atoms with E-state index < -0.39 is 5.97 Å². The fourth-order valence-corrected chi connectivity index (χ4v) is 2.00. The minimum Gasteiger partial charge on any atom is -0.465 e. The van der Waals surface area contributed by atoms with Crippen molar-refractivity contribution in [1.82, 2.24) is 0 Å². The minimum absolute atomic E-state index is 0.384. The lowest BCUT2D eigenvalue weighted by molar-refractivity contribution is 0.0607. The summed E-state index contributed by atoms with van der Waals surface area (Å²) in [5.74, 6) is -0.430. The molecule has 0 spiro atoms. The molecular formula is C10H11NO2S. The van der Waals surface area contributed by atoms with Gasteiger partial charge in [-0.25, -0.2) is 4.79 Å². The smallest absolute Gasteiger partial charge is 0.350 e. The first-order valence-electron chi connectivity index (χ1n) is 3.90. The van der Waals surface area contributed by atoms with E-state index in [-0.39, 0.29) is 0 Å². The zero-order valence-electron chi connectivity index (χ0n) is 7.87. The second kappa shape index (κ2) is 4.11. The van der Waals surface area contributed by atoms with E-state index in [2.05, 4.69) is 17.9 Å². The van der Waals surface area contributed by atoms with E-state index in [1.165, 1.54) is 18.4 Å². The Morgan fingerprint density at radius 2 is 2.29 bits per heavy atom. The highest BCUT2D eigenvalue weighted by atomic mass is 32.1. The van der Waals surface area contributed by atoms with Gasteiger partial charge in [0, 0.05) is 9.75 Å². The lowest BCUT2D eigenvalue weighted by Crippen LogP contribution is -2.19. The highest BCUT2D eigenvalue weighted by Crippen LogP contribution is 2.10. The summed E-state index contributed by atoms with van der Waals surface area (Å²) in [6.07, 6.45) is 3.39. The molecule has 4 heteroatoms. The molecule has 0 aliphatic rings. The molecule has 0 amide bonds. The van der Waals surface area contributed by atoms with Crippen LogP contribution < -0.4 is 15.5 Å². The van der Waals surface area contributed by atoms with Crippen LogP contribution in [0, 0.1) is 0 Å². The van der Waals surface area contributed by atoms with Crippen molar-refractivity contribution in [2.75, 3.05) is 12.8 Å². The molecule has 0 aromatic carbocycles. The van der Waals surface area contributed by atoms with Gasteiger partial charge in [0.05, 0.1) is 12.8 Å². The monoisotopic (exact) mass is 209 g/mol. The molecule has 3 nitrogen and oxygen atoms in total. The van der Waals surface area contributed by atoms with Crippen LogP contribution in [0.25, 0.3) is 12.7 Å². The number of rotatable bonds is 2. The number of esters is 1. The maximum Gasteiger partial charge on any atom is 0.350 e. The van der Waals surface area contributed by atoms with Gasteiger partial charge in [-0.05, 0) is 6.08 Å². The lowest BCUT2D eigenvalue weighted by atomic mass is 10.3. The molecule has 1 rings (SSSR count). The molecule has 0 bridgehead atoms. The van der Waals surface area contributed by atoms with E-state index >= 15 is 0 Å². The minimum atomic E-state index is -0.430. The molecule has 0 aliphatic carbocycles. The topological polar surface area (TPSA) is 52.3 Å². The number of nitrogens with two attached hydrogens (primary N) is 1. The molecule has 0 saturated heterocycles. The Balaban J connectivity index is 3.44. The first kappa shape index (κ1) is 10.5. The predicted molar refractivity (Wildman–Crippen MR) is 59.5 cm³/mol. The molecule has 1 heterocycles. The van der Waals surface area contributed by atoms with Crippen LogP contribution in [-0.2, 0) is 4.74 Å². The molecular weight excluding hydrogens is 198 g/mol. The number of anilines is 1. The van der Waals surface area contributed by atoms with Crippen molar-refractivity contribution in [1.29, 1.82) is 0 Å². The summed E-state index contributed by atoms with van der Waals surface area (Å²) in [6.45, 7) is 7.34. The normalized spacial score (nSPS) is 11.4. The van der Waals surface area contributed by atoms with Crippen molar-refractivity contribution in [3.05, 3.63) is 27.3 Å².